The lowest BCUT2D eigenvalue weighted by Gasteiger charge is -2.19. The van der Waals surface area contributed by atoms with Crippen molar-refractivity contribution in [1.82, 2.24) is 10.3 Å². The Balaban J connectivity index is 1.44. The normalized spacial score (nSPS) is 12.9. The number of aryl methyl sites for hydroxylation is 1. The molecule has 3 N–H and O–H groups in total. The number of aromatic nitrogens is 1. The molecule has 2 amide bonds. The molecule has 0 saturated heterocycles. The molecule has 2 aromatic carbocycles. The van der Waals surface area contributed by atoms with E-state index in [0.717, 1.165) is 22.3 Å². The van der Waals surface area contributed by atoms with Crippen molar-refractivity contribution < 1.29 is 24.2 Å². The number of carbonyl (C=O) groups excluding carboxylic acids is 2. The molecule has 9 heteroatoms. The molecule has 0 bridgehead atoms. The van der Waals surface area contributed by atoms with Crippen LogP contribution < -0.4 is 10.6 Å². The molecule has 0 radical (unpaired) electrons. The number of carboxylic acids is 1. The van der Waals surface area contributed by atoms with Gasteiger partial charge < -0.3 is 20.5 Å². The average molecular weight is 524 g/mol. The van der Waals surface area contributed by atoms with Gasteiger partial charge in [0.15, 0.2) is 0 Å². The van der Waals surface area contributed by atoms with Crippen molar-refractivity contribution in [2.75, 3.05) is 11.9 Å². The molecule has 3 aromatic rings. The van der Waals surface area contributed by atoms with Crippen LogP contribution in [-0.4, -0.2) is 40.7 Å². The maximum Gasteiger partial charge on any atom is 0.407 e. The van der Waals surface area contributed by atoms with Crippen LogP contribution in [0.3, 0.4) is 0 Å². The smallest absolute Gasteiger partial charge is 0.407 e. The molecule has 1 atom stereocenters. The van der Waals surface area contributed by atoms with E-state index < -0.39 is 30.4 Å². The first kappa shape index (κ1) is 23.4. The Kier molecular flexibility index (Phi) is 6.93. The number of alkyl carbamates (subject to hydrolysis) is 1. The zero-order valence-corrected chi connectivity index (χ0v) is 19.8. The Morgan fingerprint density at radius 1 is 1.03 bits per heavy atom. The van der Waals surface area contributed by atoms with Crippen molar-refractivity contribution in [3.63, 3.8) is 0 Å². The molecule has 174 valence electrons. The van der Waals surface area contributed by atoms with Crippen LogP contribution in [0, 0.1) is 6.92 Å². The molecular formula is C25H22BrN3O5. The van der Waals surface area contributed by atoms with E-state index in [1.807, 2.05) is 48.5 Å². The lowest BCUT2D eigenvalue weighted by molar-refractivity contribution is -0.139. The zero-order valence-electron chi connectivity index (χ0n) is 18.2. The second kappa shape index (κ2) is 10.0. The van der Waals surface area contributed by atoms with Crippen molar-refractivity contribution in [3.8, 4) is 11.1 Å². The summed E-state index contributed by atoms with van der Waals surface area (Å²) < 4.78 is 5.98. The third kappa shape index (κ3) is 5.09. The number of anilines is 1. The van der Waals surface area contributed by atoms with Crippen LogP contribution in [-0.2, 0) is 14.3 Å². The molecule has 0 spiro atoms. The predicted octanol–water partition coefficient (Wildman–Crippen LogP) is 4.47. The van der Waals surface area contributed by atoms with E-state index in [0.29, 0.717) is 10.2 Å². The number of halogens is 1. The topological polar surface area (TPSA) is 118 Å². The van der Waals surface area contributed by atoms with Gasteiger partial charge in [0.2, 0.25) is 5.91 Å². The third-order valence-electron chi connectivity index (χ3n) is 5.56. The predicted molar refractivity (Wildman–Crippen MR) is 130 cm³/mol. The number of carbonyl (C=O) groups is 3. The Morgan fingerprint density at radius 3 is 2.26 bits per heavy atom. The summed E-state index contributed by atoms with van der Waals surface area (Å²) >= 11 is 3.29. The summed E-state index contributed by atoms with van der Waals surface area (Å²) in [6, 6.07) is 17.9. The fraction of sp³-hybridized carbons (Fsp3) is 0.200. The van der Waals surface area contributed by atoms with Crippen molar-refractivity contribution in [1.29, 1.82) is 0 Å². The highest BCUT2D eigenvalue weighted by atomic mass is 79.9. The standard InChI is InChI=1S/C25H22BrN3O5/c1-14-10-11-20(26)23(27-14)29-24(32)21(12-22(30)31)28-25(33)34-13-19-17-8-4-2-6-15(17)16-7-3-5-9-18(16)19/h2-11,19,21H,12-13H2,1H3,(H,28,33)(H,30,31)(H,27,29,32). The lowest BCUT2D eigenvalue weighted by atomic mass is 9.98. The minimum absolute atomic E-state index is 0.0479. The maximum atomic E-state index is 12.7. The van der Waals surface area contributed by atoms with Gasteiger partial charge in [0.05, 0.1) is 10.9 Å². The number of rotatable bonds is 7. The van der Waals surface area contributed by atoms with Crippen LogP contribution >= 0.6 is 15.9 Å². The lowest BCUT2D eigenvalue weighted by Crippen LogP contribution is -2.45. The van der Waals surface area contributed by atoms with Gasteiger partial charge in [-0.3, -0.25) is 9.59 Å². The summed E-state index contributed by atoms with van der Waals surface area (Å²) in [7, 11) is 0. The van der Waals surface area contributed by atoms with E-state index in [2.05, 4.69) is 31.5 Å². The number of ether oxygens (including phenoxy) is 1. The molecule has 34 heavy (non-hydrogen) atoms. The maximum absolute atomic E-state index is 12.7. The van der Waals surface area contributed by atoms with Gasteiger partial charge in [0.1, 0.15) is 18.5 Å². The van der Waals surface area contributed by atoms with Crippen molar-refractivity contribution in [2.45, 2.75) is 25.3 Å². The second-order valence-electron chi connectivity index (χ2n) is 7.89. The SMILES string of the molecule is Cc1ccc(Br)c(NC(=O)C(CC(=O)O)NC(=O)OCC2c3ccccc3-c3ccccc32)n1. The van der Waals surface area contributed by atoms with E-state index >= 15 is 0 Å². The molecule has 0 aliphatic heterocycles. The summed E-state index contributed by atoms with van der Waals surface area (Å²) in [6.07, 6.45) is -1.49. The van der Waals surface area contributed by atoms with Crippen molar-refractivity contribution in [2.24, 2.45) is 0 Å². The zero-order chi connectivity index (χ0) is 24.2. The van der Waals surface area contributed by atoms with Gasteiger partial charge in [0.25, 0.3) is 0 Å². The summed E-state index contributed by atoms with van der Waals surface area (Å²) in [5, 5.41) is 14.2. The number of hydrogen-bond acceptors (Lipinski definition) is 5. The molecule has 1 aliphatic rings. The van der Waals surface area contributed by atoms with E-state index in [4.69, 9.17) is 4.74 Å². The molecular weight excluding hydrogens is 502 g/mol. The van der Waals surface area contributed by atoms with Gasteiger partial charge in [-0.2, -0.15) is 0 Å². The summed E-state index contributed by atoms with van der Waals surface area (Å²) in [6.45, 7) is 1.80. The van der Waals surface area contributed by atoms with Gasteiger partial charge in [-0.05, 0) is 57.2 Å². The van der Waals surface area contributed by atoms with Gasteiger partial charge >= 0.3 is 12.1 Å². The summed E-state index contributed by atoms with van der Waals surface area (Å²) in [4.78, 5) is 40.8. The van der Waals surface area contributed by atoms with Crippen molar-refractivity contribution >= 4 is 39.7 Å². The Hall–Kier alpha value is -3.72. The largest absolute Gasteiger partial charge is 0.481 e. The van der Waals surface area contributed by atoms with E-state index in [-0.39, 0.29) is 18.3 Å². The quantitative estimate of drug-likeness (QED) is 0.420. The average Bonchev–Trinajstić information content (AvgIpc) is 3.13. The first-order valence-corrected chi connectivity index (χ1v) is 11.4. The number of carboxylic acid groups (broad SMARTS) is 1. The third-order valence-corrected chi connectivity index (χ3v) is 6.20. The van der Waals surface area contributed by atoms with Crippen LogP contribution in [0.25, 0.3) is 11.1 Å². The number of aliphatic carboxylic acids is 1. The number of benzene rings is 2. The molecule has 4 rings (SSSR count). The number of fused-ring (bicyclic) bond motifs is 3. The Bertz CT molecular complexity index is 1220. The number of nitrogens with one attached hydrogen (secondary N) is 2. The summed E-state index contributed by atoms with van der Waals surface area (Å²) in [5.41, 5.74) is 4.94. The van der Waals surface area contributed by atoms with Crippen LogP contribution in [0.15, 0.2) is 65.1 Å². The fourth-order valence-corrected chi connectivity index (χ4v) is 4.32. The van der Waals surface area contributed by atoms with Gasteiger partial charge in [0, 0.05) is 11.6 Å². The van der Waals surface area contributed by atoms with Crippen LogP contribution in [0.2, 0.25) is 0 Å². The minimum atomic E-state index is -1.35. The molecule has 8 nitrogen and oxygen atoms in total. The van der Waals surface area contributed by atoms with Crippen LogP contribution in [0.1, 0.15) is 29.2 Å². The highest BCUT2D eigenvalue weighted by molar-refractivity contribution is 9.10. The highest BCUT2D eigenvalue weighted by Gasteiger charge is 2.30. The first-order valence-electron chi connectivity index (χ1n) is 10.6. The molecule has 0 saturated carbocycles. The van der Waals surface area contributed by atoms with E-state index in [1.54, 1.807) is 19.1 Å². The number of nitrogens with zero attached hydrogens (tertiary/aromatic N) is 1. The number of hydrogen-bond donors (Lipinski definition) is 3. The number of amides is 2. The minimum Gasteiger partial charge on any atom is -0.481 e. The molecule has 1 unspecified atom stereocenters. The summed E-state index contributed by atoms with van der Waals surface area (Å²) in [5.74, 6) is -1.88. The van der Waals surface area contributed by atoms with Gasteiger partial charge in [-0.1, -0.05) is 48.5 Å². The highest BCUT2D eigenvalue weighted by Crippen LogP contribution is 2.44. The fourth-order valence-electron chi connectivity index (χ4n) is 4.00. The van der Waals surface area contributed by atoms with Gasteiger partial charge in [-0.15, -0.1) is 0 Å². The molecule has 1 aliphatic carbocycles. The van der Waals surface area contributed by atoms with E-state index in [9.17, 15) is 19.5 Å². The Labute approximate surface area is 204 Å². The van der Waals surface area contributed by atoms with E-state index in [1.165, 1.54) is 0 Å². The second-order valence-corrected chi connectivity index (χ2v) is 8.75. The van der Waals surface area contributed by atoms with Crippen LogP contribution in [0.4, 0.5) is 10.6 Å². The molecule has 1 aromatic heterocycles. The Morgan fingerprint density at radius 2 is 1.65 bits per heavy atom. The first-order chi connectivity index (χ1) is 16.3. The van der Waals surface area contributed by atoms with Crippen molar-refractivity contribution in [3.05, 3.63) is 82.0 Å². The monoisotopic (exact) mass is 523 g/mol. The number of pyridine rings is 1. The molecule has 0 fully saturated rings. The van der Waals surface area contributed by atoms with Gasteiger partial charge in [-0.25, -0.2) is 9.78 Å². The molecule has 1 heterocycles. The van der Waals surface area contributed by atoms with Crippen LogP contribution in [0.5, 0.6) is 0 Å².